The predicted molar refractivity (Wildman–Crippen MR) is 67.3 cm³/mol. The van der Waals surface area contributed by atoms with E-state index in [1.165, 1.54) is 0 Å². The van der Waals surface area contributed by atoms with Gasteiger partial charge in [-0.25, -0.2) is 8.42 Å². The molecular formula is C11H25NO3S. The summed E-state index contributed by atoms with van der Waals surface area (Å²) in [6.07, 6.45) is 1.35. The van der Waals surface area contributed by atoms with Gasteiger partial charge in [0.2, 0.25) is 0 Å². The van der Waals surface area contributed by atoms with Crippen LogP contribution in [0.25, 0.3) is 0 Å². The minimum absolute atomic E-state index is 0.136. The SMILES string of the molecule is CCCS(=O)(=O)CCNC(CCO)C(C)C. The Morgan fingerprint density at radius 1 is 1.25 bits per heavy atom. The number of hydrogen-bond acceptors (Lipinski definition) is 4. The van der Waals surface area contributed by atoms with Crippen LogP contribution in [0.15, 0.2) is 0 Å². The lowest BCUT2D eigenvalue weighted by Gasteiger charge is -2.21. The fourth-order valence-corrected chi connectivity index (χ4v) is 2.88. The third-order valence-electron chi connectivity index (χ3n) is 2.58. The van der Waals surface area contributed by atoms with Crippen LogP contribution in [-0.4, -0.2) is 44.2 Å². The number of hydrogen-bond donors (Lipinski definition) is 2. The molecule has 16 heavy (non-hydrogen) atoms. The first kappa shape index (κ1) is 15.9. The molecule has 0 aliphatic rings. The summed E-state index contributed by atoms with van der Waals surface area (Å²) in [4.78, 5) is 0. The lowest BCUT2D eigenvalue weighted by molar-refractivity contribution is 0.246. The molecule has 0 radical (unpaired) electrons. The van der Waals surface area contributed by atoms with Gasteiger partial charge in [-0.1, -0.05) is 20.8 Å². The van der Waals surface area contributed by atoms with Crippen LogP contribution in [-0.2, 0) is 9.84 Å². The summed E-state index contributed by atoms with van der Waals surface area (Å²) >= 11 is 0. The van der Waals surface area contributed by atoms with Gasteiger partial charge in [-0.2, -0.15) is 0 Å². The van der Waals surface area contributed by atoms with Crippen molar-refractivity contribution in [3.05, 3.63) is 0 Å². The van der Waals surface area contributed by atoms with Crippen molar-refractivity contribution in [1.29, 1.82) is 0 Å². The molecule has 0 aromatic heterocycles. The Balaban J connectivity index is 3.94. The molecule has 0 amide bonds. The molecule has 1 atom stereocenters. The molecule has 0 rings (SSSR count). The number of nitrogens with one attached hydrogen (secondary N) is 1. The summed E-state index contributed by atoms with van der Waals surface area (Å²) in [6.45, 7) is 6.61. The fraction of sp³-hybridized carbons (Fsp3) is 1.00. The van der Waals surface area contributed by atoms with Crippen LogP contribution < -0.4 is 5.32 Å². The molecule has 5 heteroatoms. The maximum absolute atomic E-state index is 11.5. The highest BCUT2D eigenvalue weighted by Crippen LogP contribution is 2.05. The van der Waals surface area contributed by atoms with Crippen molar-refractivity contribution in [3.63, 3.8) is 0 Å². The summed E-state index contributed by atoms with van der Waals surface area (Å²) in [5, 5.41) is 12.1. The van der Waals surface area contributed by atoms with Crippen LogP contribution in [0.3, 0.4) is 0 Å². The van der Waals surface area contributed by atoms with Crippen LogP contribution in [0, 0.1) is 5.92 Å². The van der Waals surface area contributed by atoms with E-state index in [1.807, 2.05) is 6.92 Å². The number of rotatable bonds is 9. The highest BCUT2D eigenvalue weighted by Gasteiger charge is 2.14. The fourth-order valence-electron chi connectivity index (χ4n) is 1.62. The van der Waals surface area contributed by atoms with Crippen molar-refractivity contribution in [3.8, 4) is 0 Å². The maximum Gasteiger partial charge on any atom is 0.151 e. The lowest BCUT2D eigenvalue weighted by Crippen LogP contribution is -2.37. The van der Waals surface area contributed by atoms with Gasteiger partial charge in [0.25, 0.3) is 0 Å². The highest BCUT2D eigenvalue weighted by molar-refractivity contribution is 7.91. The van der Waals surface area contributed by atoms with Crippen LogP contribution in [0.5, 0.6) is 0 Å². The van der Waals surface area contributed by atoms with Crippen molar-refractivity contribution < 1.29 is 13.5 Å². The Morgan fingerprint density at radius 3 is 2.31 bits per heavy atom. The van der Waals surface area contributed by atoms with E-state index in [4.69, 9.17) is 5.11 Å². The minimum atomic E-state index is -2.89. The van der Waals surface area contributed by atoms with E-state index in [9.17, 15) is 8.42 Å². The second kappa shape index (κ2) is 8.03. The molecular weight excluding hydrogens is 226 g/mol. The molecule has 0 aliphatic heterocycles. The zero-order valence-electron chi connectivity index (χ0n) is 10.6. The van der Waals surface area contributed by atoms with E-state index in [-0.39, 0.29) is 24.2 Å². The first-order valence-electron chi connectivity index (χ1n) is 5.97. The lowest BCUT2D eigenvalue weighted by atomic mass is 10.0. The number of aliphatic hydroxyl groups is 1. The Kier molecular flexibility index (Phi) is 7.97. The molecule has 98 valence electrons. The van der Waals surface area contributed by atoms with E-state index < -0.39 is 9.84 Å². The number of aliphatic hydroxyl groups excluding tert-OH is 1. The topological polar surface area (TPSA) is 66.4 Å². The summed E-state index contributed by atoms with van der Waals surface area (Å²) in [5.74, 6) is 0.859. The summed E-state index contributed by atoms with van der Waals surface area (Å²) in [7, 11) is -2.89. The zero-order valence-corrected chi connectivity index (χ0v) is 11.4. The molecule has 0 saturated heterocycles. The summed E-state index contributed by atoms with van der Waals surface area (Å²) in [6, 6.07) is 0.196. The van der Waals surface area contributed by atoms with Crippen molar-refractivity contribution >= 4 is 9.84 Å². The average Bonchev–Trinajstić information content (AvgIpc) is 2.15. The first-order valence-corrected chi connectivity index (χ1v) is 7.79. The largest absolute Gasteiger partial charge is 0.396 e. The van der Waals surface area contributed by atoms with Gasteiger partial charge in [-0.3, -0.25) is 0 Å². The molecule has 0 aromatic carbocycles. The van der Waals surface area contributed by atoms with Crippen LogP contribution in [0.1, 0.15) is 33.6 Å². The normalized spacial score (nSPS) is 14.3. The van der Waals surface area contributed by atoms with Gasteiger partial charge in [0.05, 0.1) is 5.75 Å². The molecule has 0 spiro atoms. The second-order valence-corrected chi connectivity index (χ2v) is 6.77. The van der Waals surface area contributed by atoms with Crippen molar-refractivity contribution in [2.45, 2.75) is 39.7 Å². The third-order valence-corrected chi connectivity index (χ3v) is 4.44. The Bertz CT molecular complexity index is 262. The Morgan fingerprint density at radius 2 is 1.88 bits per heavy atom. The third kappa shape index (κ3) is 7.19. The van der Waals surface area contributed by atoms with E-state index in [0.29, 0.717) is 25.3 Å². The standard InChI is InChI=1S/C11H25NO3S/c1-4-8-16(14,15)9-6-12-11(5-7-13)10(2)3/h10-13H,4-9H2,1-3H3. The van der Waals surface area contributed by atoms with Crippen LogP contribution >= 0.6 is 0 Å². The van der Waals surface area contributed by atoms with Gasteiger partial charge in [0, 0.05) is 24.9 Å². The smallest absolute Gasteiger partial charge is 0.151 e. The van der Waals surface area contributed by atoms with Gasteiger partial charge in [0.1, 0.15) is 0 Å². The molecule has 4 nitrogen and oxygen atoms in total. The molecule has 1 unspecified atom stereocenters. The summed E-state index contributed by atoms with van der Waals surface area (Å²) < 4.78 is 22.9. The summed E-state index contributed by atoms with van der Waals surface area (Å²) in [5.41, 5.74) is 0. The quantitative estimate of drug-likeness (QED) is 0.636. The molecule has 0 aliphatic carbocycles. The molecule has 0 fully saturated rings. The predicted octanol–water partition coefficient (Wildman–Crippen LogP) is 0.808. The van der Waals surface area contributed by atoms with Crippen LogP contribution in [0.2, 0.25) is 0 Å². The average molecular weight is 251 g/mol. The number of sulfone groups is 1. The van der Waals surface area contributed by atoms with E-state index in [1.54, 1.807) is 0 Å². The first-order chi connectivity index (χ1) is 7.43. The van der Waals surface area contributed by atoms with Gasteiger partial charge in [-0.05, 0) is 18.8 Å². The zero-order chi connectivity index (χ0) is 12.6. The van der Waals surface area contributed by atoms with E-state index in [2.05, 4.69) is 19.2 Å². The maximum atomic E-state index is 11.5. The van der Waals surface area contributed by atoms with Gasteiger partial charge in [0.15, 0.2) is 9.84 Å². The Labute approximate surface area is 99.4 Å². The van der Waals surface area contributed by atoms with Crippen molar-refractivity contribution in [2.75, 3.05) is 24.7 Å². The molecule has 0 bridgehead atoms. The van der Waals surface area contributed by atoms with E-state index in [0.717, 1.165) is 0 Å². The van der Waals surface area contributed by atoms with Gasteiger partial charge >= 0.3 is 0 Å². The second-order valence-electron chi connectivity index (χ2n) is 4.47. The monoisotopic (exact) mass is 251 g/mol. The van der Waals surface area contributed by atoms with Crippen molar-refractivity contribution in [2.24, 2.45) is 5.92 Å². The van der Waals surface area contributed by atoms with Gasteiger partial charge in [-0.15, -0.1) is 0 Å². The van der Waals surface area contributed by atoms with E-state index >= 15 is 0 Å². The molecule has 0 heterocycles. The van der Waals surface area contributed by atoms with Crippen molar-refractivity contribution in [1.82, 2.24) is 5.32 Å². The van der Waals surface area contributed by atoms with Crippen LogP contribution in [0.4, 0.5) is 0 Å². The van der Waals surface area contributed by atoms with Gasteiger partial charge < -0.3 is 10.4 Å². The Hall–Kier alpha value is -0.130. The minimum Gasteiger partial charge on any atom is -0.396 e. The highest BCUT2D eigenvalue weighted by atomic mass is 32.2. The molecule has 0 aromatic rings. The molecule has 0 saturated carbocycles. The molecule has 2 N–H and O–H groups in total.